The maximum absolute atomic E-state index is 5.51. The van der Waals surface area contributed by atoms with Crippen LogP contribution in [-0.4, -0.2) is 38.4 Å². The van der Waals surface area contributed by atoms with Gasteiger partial charge in [-0.25, -0.2) is 0 Å². The first-order valence-electron chi connectivity index (χ1n) is 8.32. The van der Waals surface area contributed by atoms with Gasteiger partial charge in [-0.05, 0) is 44.6 Å². The normalized spacial score (nSPS) is 34.1. The smallest absolute Gasteiger partial charge is 0.0620 e. The highest BCUT2D eigenvalue weighted by Gasteiger charge is 2.21. The van der Waals surface area contributed by atoms with Crippen molar-refractivity contribution in [3.05, 3.63) is 0 Å². The van der Waals surface area contributed by atoms with Crippen LogP contribution in [0.4, 0.5) is 0 Å². The summed E-state index contributed by atoms with van der Waals surface area (Å²) in [5, 5.41) is 7.27. The second-order valence-corrected chi connectivity index (χ2v) is 6.57. The summed E-state index contributed by atoms with van der Waals surface area (Å²) >= 11 is 0. The van der Waals surface area contributed by atoms with Gasteiger partial charge in [0.05, 0.1) is 13.2 Å². The van der Waals surface area contributed by atoms with E-state index in [0.717, 1.165) is 31.6 Å². The van der Waals surface area contributed by atoms with Crippen LogP contribution in [0.15, 0.2) is 0 Å². The zero-order valence-corrected chi connectivity index (χ0v) is 12.8. The number of rotatable bonds is 6. The van der Waals surface area contributed by atoms with E-state index in [1.54, 1.807) is 0 Å². The topological polar surface area (TPSA) is 33.3 Å². The lowest BCUT2D eigenvalue weighted by atomic mass is 9.81. The fraction of sp³-hybridized carbons (Fsp3) is 1.00. The highest BCUT2D eigenvalue weighted by molar-refractivity contribution is 4.78. The van der Waals surface area contributed by atoms with Crippen molar-refractivity contribution in [3.8, 4) is 0 Å². The highest BCUT2D eigenvalue weighted by Crippen LogP contribution is 2.30. The van der Waals surface area contributed by atoms with Crippen molar-refractivity contribution in [3.63, 3.8) is 0 Å². The van der Waals surface area contributed by atoms with E-state index in [2.05, 4.69) is 24.5 Å². The van der Waals surface area contributed by atoms with Gasteiger partial charge in [-0.2, -0.15) is 0 Å². The Kier molecular flexibility index (Phi) is 6.62. The molecular weight excluding hydrogens is 236 g/mol. The Morgan fingerprint density at radius 3 is 2.58 bits per heavy atom. The van der Waals surface area contributed by atoms with Crippen molar-refractivity contribution in [2.75, 3.05) is 26.3 Å². The lowest BCUT2D eigenvalue weighted by Gasteiger charge is -2.30. The zero-order valence-electron chi connectivity index (χ0n) is 12.8. The predicted molar refractivity (Wildman–Crippen MR) is 80.4 cm³/mol. The molecule has 112 valence electrons. The van der Waals surface area contributed by atoms with E-state index >= 15 is 0 Å². The van der Waals surface area contributed by atoms with Crippen LogP contribution in [0.5, 0.6) is 0 Å². The van der Waals surface area contributed by atoms with Gasteiger partial charge in [0.1, 0.15) is 0 Å². The van der Waals surface area contributed by atoms with E-state index in [9.17, 15) is 0 Å². The lowest BCUT2D eigenvalue weighted by Crippen LogP contribution is -2.45. The standard InChI is InChI=1S/C16H32N2O/c1-3-14-4-6-15(7-5-14)11-18-13(2)10-16-12-19-9-8-17-16/h13-18H,3-12H2,1-2H3. The molecule has 1 aliphatic carbocycles. The maximum Gasteiger partial charge on any atom is 0.0620 e. The Morgan fingerprint density at radius 1 is 1.21 bits per heavy atom. The fourth-order valence-corrected chi connectivity index (χ4v) is 3.49. The van der Waals surface area contributed by atoms with E-state index in [1.807, 2.05) is 0 Å². The molecule has 1 heterocycles. The molecule has 2 aliphatic rings. The molecule has 0 bridgehead atoms. The second-order valence-electron chi connectivity index (χ2n) is 6.57. The van der Waals surface area contributed by atoms with Gasteiger partial charge in [0.15, 0.2) is 0 Å². The molecule has 2 unspecified atom stereocenters. The van der Waals surface area contributed by atoms with Crippen molar-refractivity contribution in [2.45, 2.75) is 64.5 Å². The minimum absolute atomic E-state index is 0.548. The molecule has 2 atom stereocenters. The molecule has 1 saturated heterocycles. The van der Waals surface area contributed by atoms with Crippen LogP contribution in [-0.2, 0) is 4.74 Å². The monoisotopic (exact) mass is 268 g/mol. The van der Waals surface area contributed by atoms with Gasteiger partial charge in [0.2, 0.25) is 0 Å². The first kappa shape index (κ1) is 15.3. The number of hydrogen-bond donors (Lipinski definition) is 2. The van der Waals surface area contributed by atoms with Gasteiger partial charge in [-0.15, -0.1) is 0 Å². The van der Waals surface area contributed by atoms with Crippen molar-refractivity contribution in [2.24, 2.45) is 11.8 Å². The summed E-state index contributed by atoms with van der Waals surface area (Å²) in [5.41, 5.74) is 0. The van der Waals surface area contributed by atoms with Crippen molar-refractivity contribution < 1.29 is 4.74 Å². The number of morpholine rings is 1. The Hall–Kier alpha value is -0.120. The molecule has 1 saturated carbocycles. The zero-order chi connectivity index (χ0) is 13.5. The summed E-state index contributed by atoms with van der Waals surface area (Å²) in [6.07, 6.45) is 8.34. The molecule has 0 amide bonds. The lowest BCUT2D eigenvalue weighted by molar-refractivity contribution is 0.0709. The molecule has 0 aromatic heterocycles. The second kappa shape index (κ2) is 8.23. The van der Waals surface area contributed by atoms with Crippen LogP contribution < -0.4 is 10.6 Å². The van der Waals surface area contributed by atoms with Crippen LogP contribution in [0.2, 0.25) is 0 Å². The molecular formula is C16H32N2O. The first-order chi connectivity index (χ1) is 9.28. The van der Waals surface area contributed by atoms with Crippen LogP contribution in [0.3, 0.4) is 0 Å². The van der Waals surface area contributed by atoms with Crippen molar-refractivity contribution in [1.82, 2.24) is 10.6 Å². The largest absolute Gasteiger partial charge is 0.379 e. The average Bonchev–Trinajstić information content (AvgIpc) is 2.47. The summed E-state index contributed by atoms with van der Waals surface area (Å²) < 4.78 is 5.51. The molecule has 0 radical (unpaired) electrons. The summed E-state index contributed by atoms with van der Waals surface area (Å²) in [7, 11) is 0. The van der Waals surface area contributed by atoms with Crippen LogP contribution in [0, 0.1) is 11.8 Å². The molecule has 2 fully saturated rings. The van der Waals surface area contributed by atoms with E-state index in [1.165, 1.54) is 45.1 Å². The van der Waals surface area contributed by atoms with Gasteiger partial charge in [-0.3, -0.25) is 0 Å². The molecule has 3 heteroatoms. The van der Waals surface area contributed by atoms with E-state index in [-0.39, 0.29) is 0 Å². The van der Waals surface area contributed by atoms with Crippen LogP contribution in [0.25, 0.3) is 0 Å². The minimum Gasteiger partial charge on any atom is -0.379 e. The molecule has 3 nitrogen and oxygen atoms in total. The summed E-state index contributed by atoms with van der Waals surface area (Å²) in [5.74, 6) is 1.93. The SMILES string of the molecule is CCC1CCC(CNC(C)CC2COCCN2)CC1. The molecule has 2 rings (SSSR count). The van der Waals surface area contributed by atoms with Gasteiger partial charge in [0, 0.05) is 18.6 Å². The third-order valence-corrected chi connectivity index (χ3v) is 4.94. The van der Waals surface area contributed by atoms with Crippen LogP contribution in [0.1, 0.15) is 52.4 Å². The van der Waals surface area contributed by atoms with Gasteiger partial charge >= 0.3 is 0 Å². The molecule has 0 aromatic carbocycles. The Labute approximate surface area is 118 Å². The highest BCUT2D eigenvalue weighted by atomic mass is 16.5. The predicted octanol–water partition coefficient (Wildman–Crippen LogP) is 2.56. The first-order valence-corrected chi connectivity index (χ1v) is 8.32. The van der Waals surface area contributed by atoms with E-state index < -0.39 is 0 Å². The number of hydrogen-bond acceptors (Lipinski definition) is 3. The van der Waals surface area contributed by atoms with Gasteiger partial charge in [0.25, 0.3) is 0 Å². The van der Waals surface area contributed by atoms with E-state index in [0.29, 0.717) is 12.1 Å². The van der Waals surface area contributed by atoms with Crippen LogP contribution >= 0.6 is 0 Å². The van der Waals surface area contributed by atoms with E-state index in [4.69, 9.17) is 4.74 Å². The summed E-state index contributed by atoms with van der Waals surface area (Å²) in [6, 6.07) is 1.15. The molecule has 2 N–H and O–H groups in total. The molecule has 19 heavy (non-hydrogen) atoms. The van der Waals surface area contributed by atoms with Crippen molar-refractivity contribution in [1.29, 1.82) is 0 Å². The Balaban J connectivity index is 1.57. The van der Waals surface area contributed by atoms with Gasteiger partial charge in [-0.1, -0.05) is 26.2 Å². The third kappa shape index (κ3) is 5.41. The third-order valence-electron chi connectivity index (χ3n) is 4.94. The molecule has 1 aliphatic heterocycles. The molecule has 0 aromatic rings. The number of nitrogens with one attached hydrogen (secondary N) is 2. The Morgan fingerprint density at radius 2 is 1.95 bits per heavy atom. The average molecular weight is 268 g/mol. The maximum atomic E-state index is 5.51. The fourth-order valence-electron chi connectivity index (χ4n) is 3.49. The summed E-state index contributed by atoms with van der Waals surface area (Å²) in [4.78, 5) is 0. The van der Waals surface area contributed by atoms with Crippen molar-refractivity contribution >= 4 is 0 Å². The quantitative estimate of drug-likeness (QED) is 0.777. The summed E-state index contributed by atoms with van der Waals surface area (Å²) in [6.45, 7) is 8.63. The Bertz CT molecular complexity index is 233. The number of ether oxygens (including phenoxy) is 1. The van der Waals surface area contributed by atoms with Gasteiger partial charge < -0.3 is 15.4 Å². The minimum atomic E-state index is 0.548. The molecule has 0 spiro atoms.